The Morgan fingerprint density at radius 3 is 2.11 bits per heavy atom. The monoisotopic (exact) mass is 165 g/mol. The van der Waals surface area contributed by atoms with Crippen molar-refractivity contribution in [2.24, 2.45) is 0 Å². The van der Waals surface area contributed by atoms with Gasteiger partial charge in [-0.2, -0.15) is 0 Å². The van der Waals surface area contributed by atoms with Crippen LogP contribution in [-0.4, -0.2) is 29.6 Å². The molecule has 0 bridgehead atoms. The second-order valence-electron chi connectivity index (χ2n) is 2.00. The van der Waals surface area contributed by atoms with Gasteiger partial charge >= 0.3 is 59.6 Å². The molecular weight excluding hydrogens is 156 g/mol. The molecule has 1 aliphatic heterocycles. The summed E-state index contributed by atoms with van der Waals surface area (Å²) in [4.78, 5) is 0. The molecule has 0 saturated carbocycles. The molecule has 1 aliphatic rings. The second-order valence-corrected chi connectivity index (χ2v) is 3.82. The topological polar surface area (TPSA) is 49.4 Å². The van der Waals surface area contributed by atoms with Crippen molar-refractivity contribution in [3.63, 3.8) is 0 Å². The molecule has 1 heterocycles. The van der Waals surface area contributed by atoms with Gasteiger partial charge < -0.3 is 0 Å². The molecule has 4 nitrogen and oxygen atoms in total. The zero-order valence-corrected chi connectivity index (χ0v) is 6.65. The summed E-state index contributed by atoms with van der Waals surface area (Å²) >= 11 is -3.20. The average molecular weight is 165 g/mol. The zero-order valence-electron chi connectivity index (χ0n) is 5.09. The van der Waals surface area contributed by atoms with Crippen LogP contribution >= 0.6 is 0 Å². The van der Waals surface area contributed by atoms with E-state index < -0.39 is 18.1 Å². The van der Waals surface area contributed by atoms with Gasteiger partial charge in [0.05, 0.1) is 0 Å². The Bertz CT molecular complexity index is 143. The predicted molar refractivity (Wildman–Crippen MR) is 25.8 cm³/mol. The quantitative estimate of drug-likeness (QED) is 0.512. The van der Waals surface area contributed by atoms with Crippen molar-refractivity contribution >= 4 is 0 Å². The van der Waals surface area contributed by atoms with E-state index in [-0.39, 0.29) is 0 Å². The second kappa shape index (κ2) is 3.41. The van der Waals surface area contributed by atoms with Gasteiger partial charge in [0.25, 0.3) is 0 Å². The fraction of sp³-hybridized carbons (Fsp3) is 1.00. The fourth-order valence-electron chi connectivity index (χ4n) is 0.847. The van der Waals surface area contributed by atoms with Gasteiger partial charge in [0.1, 0.15) is 0 Å². The van der Waals surface area contributed by atoms with E-state index in [1.54, 1.807) is 3.38 Å². The molecule has 51 valence electrons. The summed E-state index contributed by atoms with van der Waals surface area (Å²) in [5, 5.41) is 3.08. The Kier molecular flexibility index (Phi) is 2.79. The first-order valence-electron chi connectivity index (χ1n) is 2.97. The molecule has 0 aromatic heterocycles. The Hall–Kier alpha value is 0.234. The van der Waals surface area contributed by atoms with Gasteiger partial charge in [0, 0.05) is 0 Å². The van der Waals surface area contributed by atoms with Gasteiger partial charge in [0.15, 0.2) is 0 Å². The van der Waals surface area contributed by atoms with Crippen LogP contribution in [0, 0.1) is 0 Å². The maximum absolute atomic E-state index is 10.4. The summed E-state index contributed by atoms with van der Waals surface area (Å²) in [6.07, 6.45) is 0. The summed E-state index contributed by atoms with van der Waals surface area (Å²) in [6, 6.07) is 0. The number of piperazine rings is 1. The van der Waals surface area contributed by atoms with Crippen molar-refractivity contribution in [3.8, 4) is 0 Å². The van der Waals surface area contributed by atoms with E-state index in [1.165, 1.54) is 0 Å². The van der Waals surface area contributed by atoms with Crippen LogP contribution in [0.3, 0.4) is 0 Å². The molecule has 0 atom stereocenters. The van der Waals surface area contributed by atoms with Crippen molar-refractivity contribution in [3.05, 3.63) is 0 Å². The third-order valence-electron chi connectivity index (χ3n) is 1.38. The zero-order chi connectivity index (χ0) is 6.69. The molecule has 0 unspecified atom stereocenters. The van der Waals surface area contributed by atoms with E-state index in [9.17, 15) is 6.65 Å². The molecule has 1 N–H and O–H groups in total. The molecule has 9 heavy (non-hydrogen) atoms. The minimum absolute atomic E-state index is 0.669. The number of rotatable bonds is 1. The van der Waals surface area contributed by atoms with Gasteiger partial charge in [-0.05, 0) is 0 Å². The number of nitrogens with one attached hydrogen (secondary N) is 1. The molecule has 1 rings (SSSR count). The van der Waals surface area contributed by atoms with Crippen LogP contribution in [0.5, 0.6) is 0 Å². The van der Waals surface area contributed by atoms with Crippen molar-refractivity contribution in [2.75, 3.05) is 26.2 Å². The molecule has 0 aromatic rings. The summed E-state index contributed by atoms with van der Waals surface area (Å²) in [7, 11) is 0. The third kappa shape index (κ3) is 2.14. The molecule has 1 saturated heterocycles. The maximum atomic E-state index is 10.4. The Morgan fingerprint density at radius 2 is 1.78 bits per heavy atom. The average Bonchev–Trinajstić information content (AvgIpc) is 1.90. The molecular formula is C4H9N2O2Ti. The van der Waals surface area contributed by atoms with E-state index in [1.807, 2.05) is 0 Å². The van der Waals surface area contributed by atoms with E-state index in [0.717, 1.165) is 13.1 Å². The van der Waals surface area contributed by atoms with E-state index in [2.05, 4.69) is 5.32 Å². The van der Waals surface area contributed by atoms with Crippen molar-refractivity contribution < 1.29 is 24.7 Å². The van der Waals surface area contributed by atoms with Crippen LogP contribution in [0.4, 0.5) is 0 Å². The first-order chi connectivity index (χ1) is 4.30. The van der Waals surface area contributed by atoms with Crippen LogP contribution in [0.15, 0.2) is 0 Å². The molecule has 1 fully saturated rings. The summed E-state index contributed by atoms with van der Waals surface area (Å²) in [5.41, 5.74) is 0. The standard InChI is InChI=1S/C4H9N2.2O.Ti/c1-2-6-4-3-5-1;;;/h5H,1-4H2;;;/q-1;;;+1. The van der Waals surface area contributed by atoms with Gasteiger partial charge in [-0.25, -0.2) is 0 Å². The van der Waals surface area contributed by atoms with Gasteiger partial charge in [-0.1, -0.05) is 0 Å². The normalized spacial score (nSPS) is 21.8. The van der Waals surface area contributed by atoms with E-state index >= 15 is 0 Å². The van der Waals surface area contributed by atoms with Crippen molar-refractivity contribution in [1.82, 2.24) is 8.70 Å². The fourth-order valence-corrected chi connectivity index (χ4v) is 1.77. The number of nitrogens with zero attached hydrogens (tertiary/aromatic N) is 1. The van der Waals surface area contributed by atoms with Crippen LogP contribution < -0.4 is 5.32 Å². The molecule has 0 spiro atoms. The van der Waals surface area contributed by atoms with Crippen LogP contribution in [0.25, 0.3) is 0 Å². The summed E-state index contributed by atoms with van der Waals surface area (Å²) in [6.45, 7) is 2.95. The van der Waals surface area contributed by atoms with Crippen molar-refractivity contribution in [2.45, 2.75) is 0 Å². The Labute approximate surface area is 60.0 Å². The van der Waals surface area contributed by atoms with Gasteiger partial charge in [-0.3, -0.25) is 0 Å². The van der Waals surface area contributed by atoms with Gasteiger partial charge in [-0.15, -0.1) is 0 Å². The minimum atomic E-state index is -3.20. The molecule has 0 aromatic carbocycles. The third-order valence-corrected chi connectivity index (χ3v) is 2.88. The van der Waals surface area contributed by atoms with Crippen LogP contribution in [0.2, 0.25) is 0 Å². The molecule has 0 amide bonds. The summed E-state index contributed by atoms with van der Waals surface area (Å²) in [5.74, 6) is 0. The van der Waals surface area contributed by atoms with E-state index in [4.69, 9.17) is 0 Å². The first-order valence-corrected chi connectivity index (χ1v) is 4.94. The molecule has 0 radical (unpaired) electrons. The Balaban J connectivity index is 2.40. The van der Waals surface area contributed by atoms with Gasteiger partial charge in [0.2, 0.25) is 0 Å². The summed E-state index contributed by atoms with van der Waals surface area (Å²) < 4.78 is 22.3. The Morgan fingerprint density at radius 1 is 1.22 bits per heavy atom. The van der Waals surface area contributed by atoms with Crippen LogP contribution in [-0.2, 0) is 24.7 Å². The number of hydrogen-bond acceptors (Lipinski definition) is 3. The molecule has 5 heteroatoms. The number of hydrogen-bond donors (Lipinski definition) is 1. The first kappa shape index (κ1) is 7.34. The van der Waals surface area contributed by atoms with Crippen LogP contribution in [0.1, 0.15) is 0 Å². The molecule has 0 aliphatic carbocycles. The van der Waals surface area contributed by atoms with Crippen molar-refractivity contribution in [1.29, 1.82) is 0 Å². The van der Waals surface area contributed by atoms with E-state index in [0.29, 0.717) is 13.1 Å². The SMILES string of the molecule is [O]=[Ti](=[O])[N]1CCNCC1. The predicted octanol–water partition coefficient (Wildman–Crippen LogP) is -0.884.